The molecule has 27 heavy (non-hydrogen) atoms. The Kier molecular flexibility index (Phi) is 7.11. The summed E-state index contributed by atoms with van der Waals surface area (Å²) in [6, 6.07) is 10.0. The number of rotatable bonds is 9. The van der Waals surface area contributed by atoms with E-state index in [1.165, 1.54) is 20.3 Å². The predicted octanol–water partition coefficient (Wildman–Crippen LogP) is 3.69. The molecule has 2 aromatic rings. The fraction of sp³-hybridized carbons (Fsp3) is 0.286. The van der Waals surface area contributed by atoms with Crippen molar-refractivity contribution in [1.82, 2.24) is 0 Å². The van der Waals surface area contributed by atoms with E-state index in [9.17, 15) is 20.1 Å². The maximum absolute atomic E-state index is 12.0. The second-order valence-corrected chi connectivity index (χ2v) is 6.11. The summed E-state index contributed by atoms with van der Waals surface area (Å²) in [5.41, 5.74) is 1.64. The summed E-state index contributed by atoms with van der Waals surface area (Å²) in [7, 11) is 2.95. The Morgan fingerprint density at radius 3 is 1.81 bits per heavy atom. The molecule has 0 amide bonds. The topological polar surface area (TPSA) is 96.2 Å². The second-order valence-electron chi connectivity index (χ2n) is 6.11. The van der Waals surface area contributed by atoms with Gasteiger partial charge in [-0.15, -0.1) is 0 Å². The molecule has 0 radical (unpaired) electrons. The van der Waals surface area contributed by atoms with Crippen molar-refractivity contribution in [2.75, 3.05) is 14.2 Å². The van der Waals surface area contributed by atoms with Gasteiger partial charge in [0.2, 0.25) is 0 Å². The predicted molar refractivity (Wildman–Crippen MR) is 102 cm³/mol. The van der Waals surface area contributed by atoms with Gasteiger partial charge in [0.25, 0.3) is 0 Å². The van der Waals surface area contributed by atoms with Gasteiger partial charge in [0, 0.05) is 18.9 Å². The zero-order chi connectivity index (χ0) is 19.8. The van der Waals surface area contributed by atoms with Crippen LogP contribution in [0.5, 0.6) is 23.0 Å². The van der Waals surface area contributed by atoms with Crippen LogP contribution in [0.2, 0.25) is 0 Å². The molecule has 6 nitrogen and oxygen atoms in total. The standard InChI is InChI=1S/C21H24O6/c1-26-20-9-5-14(11-18(20)24)3-7-16(22)13-17(23)8-4-15-6-10-21(27-2)19(25)12-15/h5-6,9-13,22,24-25H,3-4,7-8H2,1-2H3/b16-13-. The number of phenols is 2. The Balaban J connectivity index is 1.85. The van der Waals surface area contributed by atoms with Crippen LogP contribution in [0.25, 0.3) is 0 Å². The molecule has 0 aliphatic rings. The largest absolute Gasteiger partial charge is 0.512 e. The van der Waals surface area contributed by atoms with E-state index < -0.39 is 0 Å². The molecule has 2 aromatic carbocycles. The molecule has 0 fully saturated rings. The summed E-state index contributed by atoms with van der Waals surface area (Å²) in [4.78, 5) is 12.0. The fourth-order valence-corrected chi connectivity index (χ4v) is 2.65. The van der Waals surface area contributed by atoms with Gasteiger partial charge in [-0.3, -0.25) is 4.79 Å². The number of aliphatic hydroxyl groups excluding tert-OH is 1. The average Bonchev–Trinajstić information content (AvgIpc) is 2.65. The Labute approximate surface area is 158 Å². The fourth-order valence-electron chi connectivity index (χ4n) is 2.65. The number of carbonyl (C=O) groups is 1. The summed E-state index contributed by atoms with van der Waals surface area (Å²) >= 11 is 0. The molecule has 0 heterocycles. The lowest BCUT2D eigenvalue weighted by Gasteiger charge is -2.06. The number of methoxy groups -OCH3 is 2. The van der Waals surface area contributed by atoms with Crippen molar-refractivity contribution >= 4 is 5.78 Å². The highest BCUT2D eigenvalue weighted by Gasteiger charge is 2.07. The number of carbonyl (C=O) groups excluding carboxylic acids is 1. The van der Waals surface area contributed by atoms with Gasteiger partial charge >= 0.3 is 0 Å². The van der Waals surface area contributed by atoms with E-state index in [2.05, 4.69) is 0 Å². The molecule has 2 rings (SSSR count). The van der Waals surface area contributed by atoms with Gasteiger partial charge in [-0.1, -0.05) is 12.1 Å². The van der Waals surface area contributed by atoms with Crippen molar-refractivity contribution in [2.24, 2.45) is 0 Å². The van der Waals surface area contributed by atoms with Crippen LogP contribution in [0, 0.1) is 0 Å². The van der Waals surface area contributed by atoms with Crippen LogP contribution in [0.3, 0.4) is 0 Å². The van der Waals surface area contributed by atoms with Gasteiger partial charge in [-0.25, -0.2) is 0 Å². The van der Waals surface area contributed by atoms with Crippen LogP contribution in [-0.4, -0.2) is 35.3 Å². The van der Waals surface area contributed by atoms with Crippen molar-refractivity contribution in [2.45, 2.75) is 25.7 Å². The van der Waals surface area contributed by atoms with E-state index in [0.29, 0.717) is 30.8 Å². The van der Waals surface area contributed by atoms with E-state index in [-0.39, 0.29) is 29.5 Å². The number of ether oxygens (including phenoxy) is 2. The highest BCUT2D eigenvalue weighted by atomic mass is 16.5. The van der Waals surface area contributed by atoms with Crippen molar-refractivity contribution in [3.8, 4) is 23.0 Å². The zero-order valence-corrected chi connectivity index (χ0v) is 15.4. The highest BCUT2D eigenvalue weighted by molar-refractivity contribution is 5.90. The molecule has 0 atom stereocenters. The van der Waals surface area contributed by atoms with E-state index >= 15 is 0 Å². The minimum atomic E-state index is -0.194. The second kappa shape index (κ2) is 9.52. The SMILES string of the molecule is COc1ccc(CCC(=O)/C=C(\O)CCc2ccc(OC)c(O)c2)cc1O. The number of hydrogen-bond acceptors (Lipinski definition) is 6. The van der Waals surface area contributed by atoms with Gasteiger partial charge in [-0.2, -0.15) is 0 Å². The van der Waals surface area contributed by atoms with Crippen molar-refractivity contribution < 1.29 is 29.6 Å². The maximum atomic E-state index is 12.0. The quantitative estimate of drug-likeness (QED) is 0.459. The molecule has 0 spiro atoms. The molecule has 0 aliphatic carbocycles. The molecule has 3 N–H and O–H groups in total. The van der Waals surface area contributed by atoms with Crippen molar-refractivity contribution in [1.29, 1.82) is 0 Å². The van der Waals surface area contributed by atoms with Crippen LogP contribution in [0.4, 0.5) is 0 Å². The Hall–Kier alpha value is -3.15. The van der Waals surface area contributed by atoms with E-state index in [4.69, 9.17) is 9.47 Å². The van der Waals surface area contributed by atoms with Gasteiger partial charge < -0.3 is 24.8 Å². The summed E-state index contributed by atoms with van der Waals surface area (Å²) in [5, 5.41) is 29.5. The Morgan fingerprint density at radius 2 is 1.37 bits per heavy atom. The zero-order valence-electron chi connectivity index (χ0n) is 15.4. The van der Waals surface area contributed by atoms with Gasteiger partial charge in [-0.05, 0) is 48.2 Å². The minimum absolute atomic E-state index is 0.00659. The third-order valence-corrected chi connectivity index (χ3v) is 4.14. The lowest BCUT2D eigenvalue weighted by Crippen LogP contribution is -1.99. The molecule has 0 saturated carbocycles. The summed E-state index contributed by atoms with van der Waals surface area (Å²) in [5.74, 6) is 0.639. The maximum Gasteiger partial charge on any atom is 0.160 e. The van der Waals surface area contributed by atoms with Crippen LogP contribution < -0.4 is 9.47 Å². The molecular weight excluding hydrogens is 348 g/mol. The molecule has 0 unspecified atom stereocenters. The number of ketones is 1. The van der Waals surface area contributed by atoms with Crippen LogP contribution >= 0.6 is 0 Å². The molecule has 6 heteroatoms. The number of allylic oxidation sites excluding steroid dienone is 2. The van der Waals surface area contributed by atoms with Crippen LogP contribution in [0.15, 0.2) is 48.2 Å². The first kappa shape index (κ1) is 20.2. The third kappa shape index (κ3) is 5.95. The monoisotopic (exact) mass is 372 g/mol. The lowest BCUT2D eigenvalue weighted by atomic mass is 10.0. The molecule has 0 aliphatic heterocycles. The smallest absolute Gasteiger partial charge is 0.160 e. The Morgan fingerprint density at radius 1 is 0.889 bits per heavy atom. The summed E-state index contributed by atoms with van der Waals surface area (Å²) in [6.45, 7) is 0. The van der Waals surface area contributed by atoms with Crippen molar-refractivity contribution in [3.05, 3.63) is 59.4 Å². The first-order valence-electron chi connectivity index (χ1n) is 8.57. The van der Waals surface area contributed by atoms with Gasteiger partial charge in [0.15, 0.2) is 28.8 Å². The van der Waals surface area contributed by atoms with E-state index in [1.807, 2.05) is 0 Å². The highest BCUT2D eigenvalue weighted by Crippen LogP contribution is 2.27. The Bertz CT molecular complexity index is 825. The normalized spacial score (nSPS) is 11.3. The number of benzene rings is 2. The summed E-state index contributed by atoms with van der Waals surface area (Å²) in [6.07, 6.45) is 2.68. The van der Waals surface area contributed by atoms with Gasteiger partial charge in [0.05, 0.1) is 20.0 Å². The first-order chi connectivity index (χ1) is 12.9. The van der Waals surface area contributed by atoms with E-state index in [0.717, 1.165) is 11.1 Å². The number of aryl methyl sites for hydroxylation is 2. The molecule has 0 bridgehead atoms. The summed E-state index contributed by atoms with van der Waals surface area (Å²) < 4.78 is 9.96. The third-order valence-electron chi connectivity index (χ3n) is 4.14. The molecular formula is C21H24O6. The molecule has 0 aromatic heterocycles. The van der Waals surface area contributed by atoms with E-state index in [1.54, 1.807) is 36.4 Å². The first-order valence-corrected chi connectivity index (χ1v) is 8.57. The van der Waals surface area contributed by atoms with Crippen LogP contribution in [0.1, 0.15) is 24.0 Å². The lowest BCUT2D eigenvalue weighted by molar-refractivity contribution is -0.114. The molecule has 144 valence electrons. The number of hydrogen-bond donors (Lipinski definition) is 3. The number of phenolic OH excluding ortho intramolecular Hbond substituents is 2. The van der Waals surface area contributed by atoms with Crippen molar-refractivity contribution in [3.63, 3.8) is 0 Å². The average molecular weight is 372 g/mol. The molecule has 0 saturated heterocycles. The number of aliphatic hydroxyl groups is 1. The van der Waals surface area contributed by atoms with Crippen LogP contribution in [-0.2, 0) is 17.6 Å². The van der Waals surface area contributed by atoms with Gasteiger partial charge in [0.1, 0.15) is 0 Å². The minimum Gasteiger partial charge on any atom is -0.512 e. The number of aromatic hydroxyl groups is 2.